The largest absolute Gasteiger partial charge is 0.401 e. The zero-order valence-corrected chi connectivity index (χ0v) is 17.2. The van der Waals surface area contributed by atoms with Crippen LogP contribution in [0, 0.1) is 10.8 Å². The minimum Gasteiger partial charge on any atom is -0.298 e. The lowest BCUT2D eigenvalue weighted by Crippen LogP contribution is -2.56. The Morgan fingerprint density at radius 3 is 1.12 bits per heavy atom. The lowest BCUT2D eigenvalue weighted by atomic mass is 9.65. The number of alkyl halides is 6. The smallest absolute Gasteiger partial charge is 0.298 e. The van der Waals surface area contributed by atoms with Crippen LogP contribution in [0.2, 0.25) is 0 Å². The maximum atomic E-state index is 14.0. The van der Waals surface area contributed by atoms with Crippen molar-refractivity contribution in [3.63, 3.8) is 0 Å². The summed E-state index contributed by atoms with van der Waals surface area (Å²) >= 11 is 0. The van der Waals surface area contributed by atoms with Crippen LogP contribution in [0.15, 0.2) is 60.7 Å². The second-order valence-electron chi connectivity index (χ2n) is 7.92. The van der Waals surface area contributed by atoms with Gasteiger partial charge in [-0.25, -0.2) is 0 Å². The number of halogens is 6. The number of ketones is 3. The number of rotatable bonds is 8. The van der Waals surface area contributed by atoms with E-state index in [0.717, 1.165) is 0 Å². The monoisotopic (exact) mass is 458 g/mol. The van der Waals surface area contributed by atoms with Crippen molar-refractivity contribution in [1.29, 1.82) is 0 Å². The fourth-order valence-electron chi connectivity index (χ4n) is 3.32. The highest BCUT2D eigenvalue weighted by Crippen LogP contribution is 2.52. The van der Waals surface area contributed by atoms with Crippen molar-refractivity contribution in [2.45, 2.75) is 39.0 Å². The van der Waals surface area contributed by atoms with Crippen molar-refractivity contribution in [3.8, 4) is 0 Å². The SMILES string of the molecule is CC(CC(=O)c1ccccc1)(C(=O)C(C)(CC(=O)c1ccccc1)C(F)(F)F)C(F)(F)F. The molecule has 0 aliphatic rings. The van der Waals surface area contributed by atoms with Gasteiger partial charge in [0.2, 0.25) is 0 Å². The third kappa shape index (κ3) is 4.92. The van der Waals surface area contributed by atoms with Crippen molar-refractivity contribution in [1.82, 2.24) is 0 Å². The highest BCUT2D eigenvalue weighted by atomic mass is 19.4. The highest BCUT2D eigenvalue weighted by molar-refractivity contribution is 6.04. The van der Waals surface area contributed by atoms with Gasteiger partial charge in [0.05, 0.1) is 0 Å². The molecule has 0 radical (unpaired) electrons. The van der Waals surface area contributed by atoms with E-state index in [4.69, 9.17) is 0 Å². The van der Waals surface area contributed by atoms with E-state index in [1.54, 1.807) is 0 Å². The zero-order chi connectivity index (χ0) is 24.4. The average molecular weight is 458 g/mol. The Balaban J connectivity index is 2.51. The second-order valence-corrected chi connectivity index (χ2v) is 7.92. The lowest BCUT2D eigenvalue weighted by Gasteiger charge is -2.39. The quantitative estimate of drug-likeness (QED) is 0.348. The Kier molecular flexibility index (Phi) is 7.02. The van der Waals surface area contributed by atoms with E-state index in [9.17, 15) is 40.7 Å². The fourth-order valence-corrected chi connectivity index (χ4v) is 3.32. The predicted molar refractivity (Wildman–Crippen MR) is 104 cm³/mol. The molecule has 2 aromatic carbocycles. The van der Waals surface area contributed by atoms with Crippen LogP contribution < -0.4 is 0 Å². The fraction of sp³-hybridized carbons (Fsp3) is 0.348. The van der Waals surface area contributed by atoms with Gasteiger partial charge in [0, 0.05) is 24.0 Å². The van der Waals surface area contributed by atoms with Crippen molar-refractivity contribution in [3.05, 3.63) is 71.8 Å². The molecule has 2 aromatic rings. The molecule has 0 heterocycles. The third-order valence-electron chi connectivity index (χ3n) is 5.47. The molecule has 0 saturated carbocycles. The van der Waals surface area contributed by atoms with Gasteiger partial charge in [-0.05, 0) is 13.8 Å². The van der Waals surface area contributed by atoms with Gasteiger partial charge in [-0.1, -0.05) is 60.7 Å². The molecule has 0 aromatic heterocycles. The first-order chi connectivity index (χ1) is 14.6. The molecule has 9 heteroatoms. The molecule has 0 aliphatic heterocycles. The van der Waals surface area contributed by atoms with Gasteiger partial charge in [-0.2, -0.15) is 26.3 Å². The van der Waals surface area contributed by atoms with E-state index in [-0.39, 0.29) is 25.0 Å². The van der Waals surface area contributed by atoms with Gasteiger partial charge in [0.25, 0.3) is 0 Å². The molecular formula is C23H20F6O3. The van der Waals surface area contributed by atoms with Gasteiger partial charge >= 0.3 is 12.4 Å². The summed E-state index contributed by atoms with van der Waals surface area (Å²) in [4.78, 5) is 37.8. The Labute approximate surface area is 180 Å². The number of benzene rings is 2. The molecule has 0 saturated heterocycles. The molecule has 172 valence electrons. The number of carbonyl (C=O) groups excluding carboxylic acids is 3. The summed E-state index contributed by atoms with van der Waals surface area (Å²) in [5.41, 5.74) is -7.68. The Hall–Kier alpha value is -2.97. The first-order valence-corrected chi connectivity index (χ1v) is 9.48. The van der Waals surface area contributed by atoms with Crippen LogP contribution in [0.1, 0.15) is 47.4 Å². The number of hydrogen-bond donors (Lipinski definition) is 0. The summed E-state index contributed by atoms with van der Waals surface area (Å²) in [6, 6.07) is 13.3. The van der Waals surface area contributed by atoms with E-state index in [1.807, 2.05) is 0 Å². The maximum Gasteiger partial charge on any atom is 0.401 e. The Morgan fingerprint density at radius 1 is 0.594 bits per heavy atom. The van der Waals surface area contributed by atoms with Crippen LogP contribution >= 0.6 is 0 Å². The summed E-state index contributed by atoms with van der Waals surface area (Å²) < 4.78 is 83.9. The van der Waals surface area contributed by atoms with E-state index in [0.29, 0.717) is 0 Å². The van der Waals surface area contributed by atoms with Gasteiger partial charge < -0.3 is 0 Å². The highest BCUT2D eigenvalue weighted by Gasteiger charge is 2.68. The minimum atomic E-state index is -5.48. The summed E-state index contributed by atoms with van der Waals surface area (Å²) in [5, 5.41) is 0. The molecule has 3 nitrogen and oxygen atoms in total. The normalized spacial score (nSPS) is 16.0. The number of Topliss-reactive ketones (excluding diaryl/α,β-unsaturated/α-hetero) is 3. The number of hydrogen-bond acceptors (Lipinski definition) is 3. The van der Waals surface area contributed by atoms with Crippen LogP contribution in [0.5, 0.6) is 0 Å². The topological polar surface area (TPSA) is 51.2 Å². The van der Waals surface area contributed by atoms with Crippen molar-refractivity contribution >= 4 is 17.3 Å². The second kappa shape index (κ2) is 8.88. The van der Waals surface area contributed by atoms with Gasteiger partial charge in [0.15, 0.2) is 17.3 Å². The molecule has 2 unspecified atom stereocenters. The molecule has 0 fully saturated rings. The average Bonchev–Trinajstić information content (AvgIpc) is 2.72. The molecular weight excluding hydrogens is 438 g/mol. The van der Waals surface area contributed by atoms with E-state index >= 15 is 0 Å². The first-order valence-electron chi connectivity index (χ1n) is 9.48. The number of carbonyl (C=O) groups is 3. The lowest BCUT2D eigenvalue weighted by molar-refractivity contribution is -0.246. The molecule has 0 bridgehead atoms. The van der Waals surface area contributed by atoms with Crippen LogP contribution in [-0.2, 0) is 4.79 Å². The summed E-state index contributed by atoms with van der Waals surface area (Å²) in [7, 11) is 0. The van der Waals surface area contributed by atoms with Crippen LogP contribution in [-0.4, -0.2) is 29.7 Å². The molecule has 32 heavy (non-hydrogen) atoms. The molecule has 0 spiro atoms. The van der Waals surface area contributed by atoms with E-state index in [1.165, 1.54) is 60.7 Å². The van der Waals surface area contributed by atoms with Crippen molar-refractivity contribution in [2.75, 3.05) is 0 Å². The van der Waals surface area contributed by atoms with Crippen LogP contribution in [0.25, 0.3) is 0 Å². The molecule has 0 N–H and O–H groups in total. The van der Waals surface area contributed by atoms with Gasteiger partial charge in [-0.15, -0.1) is 0 Å². The van der Waals surface area contributed by atoms with Crippen LogP contribution in [0.4, 0.5) is 26.3 Å². The Bertz CT molecular complexity index is 903. The summed E-state index contributed by atoms with van der Waals surface area (Å²) in [5.74, 6) is -4.56. The minimum absolute atomic E-state index is 0.176. The van der Waals surface area contributed by atoms with E-state index in [2.05, 4.69) is 0 Å². The molecule has 0 amide bonds. The Morgan fingerprint density at radius 2 is 0.875 bits per heavy atom. The summed E-state index contributed by atoms with van der Waals surface area (Å²) in [6.45, 7) is 0.542. The maximum absolute atomic E-state index is 14.0. The van der Waals surface area contributed by atoms with Gasteiger partial charge in [0.1, 0.15) is 10.8 Å². The van der Waals surface area contributed by atoms with Crippen LogP contribution in [0.3, 0.4) is 0 Å². The summed E-state index contributed by atoms with van der Waals surface area (Å²) in [6.07, 6.45) is -14.0. The first kappa shape index (κ1) is 25.3. The predicted octanol–water partition coefficient (Wildman–Crippen LogP) is 6.24. The molecule has 2 rings (SSSR count). The third-order valence-corrected chi connectivity index (χ3v) is 5.47. The molecule has 0 aliphatic carbocycles. The van der Waals surface area contributed by atoms with E-state index < -0.39 is 53.4 Å². The van der Waals surface area contributed by atoms with Crippen molar-refractivity contribution < 1.29 is 40.7 Å². The van der Waals surface area contributed by atoms with Gasteiger partial charge in [-0.3, -0.25) is 14.4 Å². The zero-order valence-electron chi connectivity index (χ0n) is 17.2. The standard InChI is InChI=1S/C23H20F6O3/c1-20(22(24,25)26,13-17(30)15-9-5-3-6-10-15)19(32)21(2,23(27,28)29)14-18(31)16-11-7-4-8-12-16/h3-12H,13-14H2,1-2H3. The van der Waals surface area contributed by atoms with Crippen molar-refractivity contribution in [2.24, 2.45) is 10.8 Å². The molecule has 2 atom stereocenters.